The van der Waals surface area contributed by atoms with Gasteiger partial charge >= 0.3 is 0 Å². The molecule has 3 nitrogen and oxygen atoms in total. The van der Waals surface area contributed by atoms with Gasteiger partial charge in [0.25, 0.3) is 0 Å². The summed E-state index contributed by atoms with van der Waals surface area (Å²) in [6, 6.07) is 0. The van der Waals surface area contributed by atoms with Gasteiger partial charge in [-0.1, -0.05) is 6.92 Å². The largest absolute Gasteiger partial charge is 0.311 e. The Hall–Kier alpha value is -1.12. The van der Waals surface area contributed by atoms with E-state index in [0.717, 1.165) is 6.42 Å². The van der Waals surface area contributed by atoms with Crippen molar-refractivity contribution in [2.24, 2.45) is 4.99 Å². The molecular formula is C9H16N2O. The fraction of sp³-hybridized carbons (Fsp3) is 0.556. The summed E-state index contributed by atoms with van der Waals surface area (Å²) < 4.78 is 0. The molecule has 0 bridgehead atoms. The molecule has 0 radical (unpaired) electrons. The number of aliphatic imine (C=N–C) groups is 1. The molecule has 0 saturated carbocycles. The van der Waals surface area contributed by atoms with Crippen molar-refractivity contribution in [2.45, 2.75) is 33.6 Å². The van der Waals surface area contributed by atoms with E-state index in [4.69, 9.17) is 0 Å². The van der Waals surface area contributed by atoms with E-state index in [9.17, 15) is 4.79 Å². The van der Waals surface area contributed by atoms with Crippen molar-refractivity contribution in [1.29, 1.82) is 0 Å². The third-order valence-electron chi connectivity index (χ3n) is 1.29. The molecule has 0 spiro atoms. The number of hydrogen-bond acceptors (Lipinski definition) is 2. The Balaban J connectivity index is 3.95. The van der Waals surface area contributed by atoms with Gasteiger partial charge in [-0.05, 0) is 26.3 Å². The maximum absolute atomic E-state index is 11.1. The van der Waals surface area contributed by atoms with Gasteiger partial charge in [0, 0.05) is 12.6 Å². The number of nitrogens with zero attached hydrogens (tertiary/aromatic N) is 1. The minimum absolute atomic E-state index is 0.0243. The van der Waals surface area contributed by atoms with Gasteiger partial charge in [-0.3, -0.25) is 4.79 Å². The van der Waals surface area contributed by atoms with Crippen LogP contribution in [0.2, 0.25) is 0 Å². The highest BCUT2D eigenvalue weighted by atomic mass is 16.1. The van der Waals surface area contributed by atoms with E-state index in [1.54, 1.807) is 12.3 Å². The molecule has 0 aromatic rings. The van der Waals surface area contributed by atoms with Gasteiger partial charge in [0.2, 0.25) is 5.91 Å². The standard InChI is InChI=1S/C9H16N2O/c1-4-7-9(12)11-8(5-2)10-6-3/h5-6H,4,7H2,1-3H3,(H,11,12)/b8-5+,10-6-. The smallest absolute Gasteiger partial charge is 0.225 e. The SMILES string of the molecule is C/C=N\C(=C/C)NC(=O)CCC. The molecule has 0 heterocycles. The summed E-state index contributed by atoms with van der Waals surface area (Å²) in [7, 11) is 0. The van der Waals surface area contributed by atoms with Crippen LogP contribution in [0.15, 0.2) is 16.9 Å². The Labute approximate surface area is 73.6 Å². The number of carbonyl (C=O) groups is 1. The van der Waals surface area contributed by atoms with Crippen LogP contribution in [-0.2, 0) is 4.79 Å². The Bertz CT molecular complexity index is 195. The molecule has 0 aliphatic heterocycles. The highest BCUT2D eigenvalue weighted by Gasteiger charge is 1.99. The van der Waals surface area contributed by atoms with Gasteiger partial charge in [-0.2, -0.15) is 0 Å². The first-order valence-corrected chi connectivity index (χ1v) is 4.19. The van der Waals surface area contributed by atoms with Gasteiger partial charge in [-0.15, -0.1) is 0 Å². The fourth-order valence-electron chi connectivity index (χ4n) is 0.750. The fourth-order valence-corrected chi connectivity index (χ4v) is 0.750. The van der Waals surface area contributed by atoms with Gasteiger partial charge in [-0.25, -0.2) is 4.99 Å². The minimum atomic E-state index is 0.0243. The van der Waals surface area contributed by atoms with Gasteiger partial charge in [0.05, 0.1) is 0 Å². The van der Waals surface area contributed by atoms with E-state index in [1.807, 2.05) is 20.8 Å². The predicted molar refractivity (Wildman–Crippen MR) is 51.0 cm³/mol. The van der Waals surface area contributed by atoms with Gasteiger partial charge < -0.3 is 5.32 Å². The van der Waals surface area contributed by atoms with Crippen LogP contribution in [0.3, 0.4) is 0 Å². The molecule has 0 aromatic heterocycles. The van der Waals surface area contributed by atoms with Crippen molar-refractivity contribution in [2.75, 3.05) is 0 Å². The number of rotatable bonds is 4. The summed E-state index contributed by atoms with van der Waals surface area (Å²) in [5, 5.41) is 2.69. The monoisotopic (exact) mass is 168 g/mol. The zero-order chi connectivity index (χ0) is 9.40. The summed E-state index contributed by atoms with van der Waals surface area (Å²) in [6.45, 7) is 5.63. The average Bonchev–Trinajstić information content (AvgIpc) is 2.04. The van der Waals surface area contributed by atoms with Gasteiger partial charge in [0.1, 0.15) is 5.82 Å². The summed E-state index contributed by atoms with van der Waals surface area (Å²) in [5.41, 5.74) is 0. The van der Waals surface area contributed by atoms with Crippen LogP contribution in [-0.4, -0.2) is 12.1 Å². The lowest BCUT2D eigenvalue weighted by molar-refractivity contribution is -0.120. The number of carbonyl (C=O) groups excluding carboxylic acids is 1. The molecule has 0 fully saturated rings. The summed E-state index contributed by atoms with van der Waals surface area (Å²) in [4.78, 5) is 15.0. The minimum Gasteiger partial charge on any atom is -0.311 e. The summed E-state index contributed by atoms with van der Waals surface area (Å²) in [6.07, 6.45) is 4.84. The summed E-state index contributed by atoms with van der Waals surface area (Å²) >= 11 is 0. The van der Waals surface area contributed by atoms with Crippen molar-refractivity contribution >= 4 is 12.1 Å². The van der Waals surface area contributed by atoms with Crippen LogP contribution in [0, 0.1) is 0 Å². The molecule has 3 heteroatoms. The van der Waals surface area contributed by atoms with Crippen LogP contribution in [0.4, 0.5) is 0 Å². The molecule has 0 saturated heterocycles. The van der Waals surface area contributed by atoms with Crippen LogP contribution in [0.1, 0.15) is 33.6 Å². The van der Waals surface area contributed by atoms with E-state index in [-0.39, 0.29) is 5.91 Å². The third kappa shape index (κ3) is 4.66. The number of amides is 1. The molecule has 0 atom stereocenters. The van der Waals surface area contributed by atoms with E-state index < -0.39 is 0 Å². The van der Waals surface area contributed by atoms with E-state index in [2.05, 4.69) is 10.3 Å². The summed E-state index contributed by atoms with van der Waals surface area (Å²) in [5.74, 6) is 0.646. The maximum Gasteiger partial charge on any atom is 0.225 e. The first-order valence-electron chi connectivity index (χ1n) is 4.19. The molecule has 1 amide bonds. The van der Waals surface area contributed by atoms with Crippen molar-refractivity contribution in [3.05, 3.63) is 11.9 Å². The van der Waals surface area contributed by atoms with Crippen LogP contribution in [0.25, 0.3) is 0 Å². The van der Waals surface area contributed by atoms with Crippen LogP contribution in [0.5, 0.6) is 0 Å². The average molecular weight is 168 g/mol. The van der Waals surface area contributed by atoms with Crippen molar-refractivity contribution in [1.82, 2.24) is 5.32 Å². The second-order valence-corrected chi connectivity index (χ2v) is 2.36. The van der Waals surface area contributed by atoms with E-state index >= 15 is 0 Å². The van der Waals surface area contributed by atoms with Crippen LogP contribution >= 0.6 is 0 Å². The molecular weight excluding hydrogens is 152 g/mol. The predicted octanol–water partition coefficient (Wildman–Crippen LogP) is 1.85. The molecule has 68 valence electrons. The second kappa shape index (κ2) is 6.58. The Kier molecular flexibility index (Phi) is 5.97. The first kappa shape index (κ1) is 10.9. The normalized spacial score (nSPS) is 12.1. The topological polar surface area (TPSA) is 41.5 Å². The molecule has 0 aliphatic rings. The quantitative estimate of drug-likeness (QED) is 0.639. The van der Waals surface area contributed by atoms with E-state index in [0.29, 0.717) is 12.2 Å². The molecule has 0 aromatic carbocycles. The zero-order valence-electron chi connectivity index (χ0n) is 7.92. The van der Waals surface area contributed by atoms with Crippen molar-refractivity contribution in [3.63, 3.8) is 0 Å². The Morgan fingerprint density at radius 3 is 2.58 bits per heavy atom. The lowest BCUT2D eigenvalue weighted by Gasteiger charge is -2.02. The first-order chi connectivity index (χ1) is 5.74. The van der Waals surface area contributed by atoms with Crippen molar-refractivity contribution in [3.8, 4) is 0 Å². The lowest BCUT2D eigenvalue weighted by Crippen LogP contribution is -2.21. The molecule has 0 rings (SSSR count). The maximum atomic E-state index is 11.1. The zero-order valence-corrected chi connectivity index (χ0v) is 7.92. The highest BCUT2D eigenvalue weighted by Crippen LogP contribution is 1.93. The third-order valence-corrected chi connectivity index (χ3v) is 1.29. The second-order valence-electron chi connectivity index (χ2n) is 2.36. The Morgan fingerprint density at radius 2 is 2.17 bits per heavy atom. The molecule has 12 heavy (non-hydrogen) atoms. The molecule has 0 unspecified atom stereocenters. The van der Waals surface area contributed by atoms with Crippen molar-refractivity contribution < 1.29 is 4.79 Å². The van der Waals surface area contributed by atoms with E-state index in [1.165, 1.54) is 0 Å². The number of hydrogen-bond donors (Lipinski definition) is 1. The highest BCUT2D eigenvalue weighted by molar-refractivity contribution is 5.78. The molecule has 1 N–H and O–H groups in total. The Morgan fingerprint density at radius 1 is 1.50 bits per heavy atom. The molecule has 0 aliphatic carbocycles. The number of allylic oxidation sites excluding steroid dienone is 1. The lowest BCUT2D eigenvalue weighted by atomic mass is 10.3. The number of nitrogens with one attached hydrogen (secondary N) is 1. The van der Waals surface area contributed by atoms with Gasteiger partial charge in [0.15, 0.2) is 0 Å². The van der Waals surface area contributed by atoms with Crippen LogP contribution < -0.4 is 5.32 Å².